The molecule has 0 saturated carbocycles. The molecule has 2 aromatic carbocycles. The number of aliphatic hydroxyl groups excluding tert-OH is 1. The first-order valence-electron chi connectivity index (χ1n) is 9.95. The van der Waals surface area contributed by atoms with Gasteiger partial charge in [0.25, 0.3) is 0 Å². The van der Waals surface area contributed by atoms with Crippen LogP contribution in [-0.2, 0) is 6.54 Å². The molecule has 0 radical (unpaired) electrons. The Morgan fingerprint density at radius 3 is 2.54 bits per heavy atom. The van der Waals surface area contributed by atoms with E-state index in [1.54, 1.807) is 16.7 Å². The van der Waals surface area contributed by atoms with Gasteiger partial charge < -0.3 is 15.0 Å². The third-order valence-electron chi connectivity index (χ3n) is 5.83. The summed E-state index contributed by atoms with van der Waals surface area (Å²) in [6.45, 7) is 3.50. The highest BCUT2D eigenvalue weighted by Gasteiger charge is 2.26. The molecule has 4 rings (SSSR count). The Labute approximate surface area is 163 Å². The van der Waals surface area contributed by atoms with Gasteiger partial charge in [0.05, 0.1) is 17.1 Å². The molecule has 0 unspecified atom stereocenters. The van der Waals surface area contributed by atoms with E-state index >= 15 is 0 Å². The average molecular weight is 383 g/mol. The first kappa shape index (κ1) is 18.9. The summed E-state index contributed by atoms with van der Waals surface area (Å²) >= 11 is 0. The van der Waals surface area contributed by atoms with Gasteiger partial charge in [0.1, 0.15) is 5.82 Å². The molecule has 1 aliphatic heterocycles. The molecule has 1 saturated heterocycles. The van der Waals surface area contributed by atoms with Crippen molar-refractivity contribution in [1.29, 1.82) is 0 Å². The van der Waals surface area contributed by atoms with Crippen molar-refractivity contribution >= 4 is 11.0 Å². The van der Waals surface area contributed by atoms with E-state index in [0.29, 0.717) is 6.54 Å². The summed E-state index contributed by atoms with van der Waals surface area (Å²) in [5, 5.41) is 10.6. The number of halogens is 1. The van der Waals surface area contributed by atoms with Crippen LogP contribution in [0.4, 0.5) is 4.39 Å². The number of nitrogens with zero attached hydrogens (tertiary/aromatic N) is 2. The number of rotatable bonds is 6. The maximum absolute atomic E-state index is 13.1. The first-order chi connectivity index (χ1) is 13.6. The topological polar surface area (TPSA) is 61.3 Å². The minimum atomic E-state index is -0.535. The maximum atomic E-state index is 13.1. The van der Waals surface area contributed by atoms with Crippen molar-refractivity contribution in [3.8, 4) is 0 Å². The van der Waals surface area contributed by atoms with Gasteiger partial charge in [-0.15, -0.1) is 0 Å². The fourth-order valence-electron chi connectivity index (χ4n) is 4.21. The monoisotopic (exact) mass is 383 g/mol. The number of hydrogen-bond acceptors (Lipinski definition) is 3. The summed E-state index contributed by atoms with van der Waals surface area (Å²) in [6, 6.07) is 13.9. The van der Waals surface area contributed by atoms with Crippen molar-refractivity contribution in [2.24, 2.45) is 5.92 Å². The molecule has 1 aliphatic rings. The molecule has 2 heterocycles. The van der Waals surface area contributed by atoms with Gasteiger partial charge in [0.15, 0.2) is 0 Å². The van der Waals surface area contributed by atoms with Gasteiger partial charge in [-0.05, 0) is 74.6 Å². The van der Waals surface area contributed by atoms with Crippen LogP contribution in [-0.4, -0.2) is 39.2 Å². The molecule has 3 aromatic rings. The van der Waals surface area contributed by atoms with Crippen LogP contribution in [0.2, 0.25) is 0 Å². The fourth-order valence-corrected chi connectivity index (χ4v) is 4.21. The Morgan fingerprint density at radius 1 is 1.07 bits per heavy atom. The molecule has 0 bridgehead atoms. The minimum Gasteiger partial charge on any atom is -0.388 e. The number of aryl methyl sites for hydroxylation is 1. The highest BCUT2D eigenvalue weighted by atomic mass is 19.1. The second kappa shape index (κ2) is 8.29. The second-order valence-electron chi connectivity index (χ2n) is 7.63. The average Bonchev–Trinajstić information content (AvgIpc) is 3.04. The standard InChI is InChI=1S/C22H26FN3O2/c23-18-8-6-16(7-9-18)21(27)17-10-14-25(15-11-17)12-3-13-26-20-5-2-1-4-19(20)24-22(26)28/h1-2,4-9,17,21,27H,3,10-15H2,(H,24,28)/t21-/m1/s1. The molecule has 0 aliphatic carbocycles. The molecule has 1 fully saturated rings. The Balaban J connectivity index is 1.27. The summed E-state index contributed by atoms with van der Waals surface area (Å²) in [6.07, 6.45) is 2.22. The molecule has 0 spiro atoms. The molecule has 2 N–H and O–H groups in total. The van der Waals surface area contributed by atoms with Gasteiger partial charge in [-0.2, -0.15) is 0 Å². The lowest BCUT2D eigenvalue weighted by atomic mass is 9.87. The first-order valence-corrected chi connectivity index (χ1v) is 9.95. The SMILES string of the molecule is O=c1[nH]c2ccccc2n1CCCN1CCC([C@H](O)c2ccc(F)cc2)CC1. The molecule has 5 nitrogen and oxygen atoms in total. The molecule has 148 valence electrons. The van der Waals surface area contributed by atoms with E-state index < -0.39 is 6.10 Å². The Kier molecular flexibility index (Phi) is 5.59. The van der Waals surface area contributed by atoms with Crippen molar-refractivity contribution < 1.29 is 9.50 Å². The predicted molar refractivity (Wildman–Crippen MR) is 108 cm³/mol. The molecule has 6 heteroatoms. The number of hydrogen-bond donors (Lipinski definition) is 2. The highest BCUT2D eigenvalue weighted by molar-refractivity contribution is 5.74. The van der Waals surface area contributed by atoms with Crippen LogP contribution in [0.1, 0.15) is 30.9 Å². The Hall–Kier alpha value is -2.44. The largest absolute Gasteiger partial charge is 0.388 e. The normalized spacial score (nSPS) is 17.2. The van der Waals surface area contributed by atoms with Gasteiger partial charge in [-0.3, -0.25) is 4.57 Å². The Morgan fingerprint density at radius 2 is 1.79 bits per heavy atom. The van der Waals surface area contributed by atoms with Crippen LogP contribution >= 0.6 is 0 Å². The number of para-hydroxylation sites is 2. The smallest absolute Gasteiger partial charge is 0.326 e. The lowest BCUT2D eigenvalue weighted by Gasteiger charge is -2.34. The molecule has 1 atom stereocenters. The van der Waals surface area contributed by atoms with Gasteiger partial charge in [0.2, 0.25) is 0 Å². The molecular weight excluding hydrogens is 357 g/mol. The summed E-state index contributed by atoms with van der Waals surface area (Å²) < 4.78 is 14.9. The van der Waals surface area contributed by atoms with E-state index in [-0.39, 0.29) is 17.4 Å². The van der Waals surface area contributed by atoms with Gasteiger partial charge in [0, 0.05) is 6.54 Å². The number of H-pyrrole nitrogens is 1. The van der Waals surface area contributed by atoms with E-state index in [0.717, 1.165) is 55.5 Å². The quantitative estimate of drug-likeness (QED) is 0.687. The zero-order valence-electron chi connectivity index (χ0n) is 15.9. The van der Waals surface area contributed by atoms with Crippen LogP contribution in [0.5, 0.6) is 0 Å². The van der Waals surface area contributed by atoms with Gasteiger partial charge in [-0.25, -0.2) is 9.18 Å². The van der Waals surface area contributed by atoms with Crippen LogP contribution in [0, 0.1) is 11.7 Å². The number of nitrogens with one attached hydrogen (secondary N) is 1. The number of imidazole rings is 1. The zero-order valence-corrected chi connectivity index (χ0v) is 15.9. The Bertz CT molecular complexity index is 971. The summed E-state index contributed by atoms with van der Waals surface area (Å²) in [7, 11) is 0. The number of aromatic amines is 1. The predicted octanol–water partition coefficient (Wildman–Crippen LogP) is 3.30. The summed E-state index contributed by atoms with van der Waals surface area (Å²) in [5.74, 6) is -0.0713. The van der Waals surface area contributed by atoms with Crippen molar-refractivity contribution in [3.05, 3.63) is 70.4 Å². The van der Waals surface area contributed by atoms with Crippen molar-refractivity contribution in [2.45, 2.75) is 31.9 Å². The lowest BCUT2D eigenvalue weighted by molar-refractivity contribution is 0.0582. The number of likely N-dealkylation sites (tertiary alicyclic amines) is 1. The highest BCUT2D eigenvalue weighted by Crippen LogP contribution is 2.30. The van der Waals surface area contributed by atoms with E-state index in [4.69, 9.17) is 0 Å². The van der Waals surface area contributed by atoms with Crippen LogP contribution in [0.3, 0.4) is 0 Å². The molecule has 1 aromatic heterocycles. The van der Waals surface area contributed by atoms with Crippen LogP contribution in [0.25, 0.3) is 11.0 Å². The lowest BCUT2D eigenvalue weighted by Crippen LogP contribution is -2.36. The third kappa shape index (κ3) is 4.03. The van der Waals surface area contributed by atoms with Gasteiger partial charge in [-0.1, -0.05) is 24.3 Å². The maximum Gasteiger partial charge on any atom is 0.326 e. The fraction of sp³-hybridized carbons (Fsp3) is 0.409. The van der Waals surface area contributed by atoms with Crippen molar-refractivity contribution in [3.63, 3.8) is 0 Å². The summed E-state index contributed by atoms with van der Waals surface area (Å²) in [5.41, 5.74) is 2.57. The van der Waals surface area contributed by atoms with Gasteiger partial charge >= 0.3 is 5.69 Å². The summed E-state index contributed by atoms with van der Waals surface area (Å²) in [4.78, 5) is 17.4. The van der Waals surface area contributed by atoms with Crippen LogP contribution in [0.15, 0.2) is 53.3 Å². The number of piperidine rings is 1. The second-order valence-corrected chi connectivity index (χ2v) is 7.63. The number of fused-ring (bicyclic) bond motifs is 1. The van der Waals surface area contributed by atoms with Crippen molar-refractivity contribution in [2.75, 3.05) is 19.6 Å². The minimum absolute atomic E-state index is 0.0534. The molecule has 0 amide bonds. The van der Waals surface area contributed by atoms with Crippen molar-refractivity contribution in [1.82, 2.24) is 14.5 Å². The number of aromatic nitrogens is 2. The number of benzene rings is 2. The van der Waals surface area contributed by atoms with E-state index in [9.17, 15) is 14.3 Å². The van der Waals surface area contributed by atoms with E-state index in [1.165, 1.54) is 12.1 Å². The molecule has 28 heavy (non-hydrogen) atoms. The van der Waals surface area contributed by atoms with Crippen LogP contribution < -0.4 is 5.69 Å². The van der Waals surface area contributed by atoms with E-state index in [2.05, 4.69) is 9.88 Å². The molecular formula is C22H26FN3O2. The zero-order chi connectivity index (χ0) is 19.5. The van der Waals surface area contributed by atoms with E-state index in [1.807, 2.05) is 24.3 Å². The number of aliphatic hydroxyl groups is 1. The third-order valence-corrected chi connectivity index (χ3v) is 5.83.